The van der Waals surface area contributed by atoms with Crippen molar-refractivity contribution in [2.24, 2.45) is 11.7 Å². The van der Waals surface area contributed by atoms with Gasteiger partial charge in [0.15, 0.2) is 0 Å². The number of carbonyl (C=O) groups is 2. The number of likely N-dealkylation sites (N-methyl/N-ethyl adjacent to an activating group) is 1. The molecule has 1 unspecified atom stereocenters. The molecule has 0 bridgehead atoms. The third-order valence-corrected chi connectivity index (χ3v) is 5.90. The van der Waals surface area contributed by atoms with Crippen LogP contribution in [0.5, 0.6) is 11.5 Å². The number of rotatable bonds is 12. The van der Waals surface area contributed by atoms with Crippen molar-refractivity contribution in [2.75, 3.05) is 59.4 Å². The largest absolute Gasteiger partial charge is 0.492 e. The van der Waals surface area contributed by atoms with Gasteiger partial charge in [-0.1, -0.05) is 6.07 Å². The van der Waals surface area contributed by atoms with Gasteiger partial charge in [0.25, 0.3) is 5.91 Å². The molecule has 37 heavy (non-hydrogen) atoms. The summed E-state index contributed by atoms with van der Waals surface area (Å²) in [6.07, 6.45) is 2.95. The lowest BCUT2D eigenvalue weighted by molar-refractivity contribution is -0.121. The molecule has 1 atom stereocenters. The number of hydrogen-bond donors (Lipinski definition) is 4. The summed E-state index contributed by atoms with van der Waals surface area (Å²) in [5.41, 5.74) is 8.71. The van der Waals surface area contributed by atoms with Gasteiger partial charge >= 0.3 is 0 Å². The summed E-state index contributed by atoms with van der Waals surface area (Å²) in [6, 6.07) is 10.5. The van der Waals surface area contributed by atoms with Gasteiger partial charge in [-0.05, 0) is 62.0 Å². The summed E-state index contributed by atoms with van der Waals surface area (Å²) >= 11 is 0. The minimum atomic E-state index is -0.449. The minimum Gasteiger partial charge on any atom is -0.492 e. The third kappa shape index (κ3) is 7.55. The summed E-state index contributed by atoms with van der Waals surface area (Å²) in [7, 11) is 5.47. The Balaban J connectivity index is 1.74. The lowest BCUT2D eigenvalue weighted by Crippen LogP contribution is -2.33. The van der Waals surface area contributed by atoms with Crippen molar-refractivity contribution >= 4 is 29.3 Å². The maximum absolute atomic E-state index is 13.2. The third-order valence-electron chi connectivity index (χ3n) is 5.90. The van der Waals surface area contributed by atoms with Crippen molar-refractivity contribution in [1.82, 2.24) is 10.2 Å². The smallest absolute Gasteiger partial charge is 0.251 e. The number of nitrogens with two attached hydrogens (primary N) is 1. The molecule has 3 rings (SSSR count). The van der Waals surface area contributed by atoms with Crippen LogP contribution in [0.25, 0.3) is 5.57 Å². The molecule has 1 aliphatic heterocycles. The first-order chi connectivity index (χ1) is 17.9. The Bertz CT molecular complexity index is 1150. The highest BCUT2D eigenvalue weighted by Gasteiger charge is 2.27. The molecule has 198 valence electrons. The van der Waals surface area contributed by atoms with E-state index in [1.54, 1.807) is 43.5 Å². The van der Waals surface area contributed by atoms with Gasteiger partial charge in [0.2, 0.25) is 5.91 Å². The molecule has 5 N–H and O–H groups in total. The maximum Gasteiger partial charge on any atom is 0.251 e. The molecule has 0 saturated carbocycles. The van der Waals surface area contributed by atoms with Gasteiger partial charge in [-0.25, -0.2) is 0 Å². The van der Waals surface area contributed by atoms with E-state index in [0.717, 1.165) is 5.56 Å². The van der Waals surface area contributed by atoms with E-state index in [0.29, 0.717) is 66.6 Å². The first-order valence-corrected chi connectivity index (χ1v) is 12.0. The monoisotopic (exact) mass is 509 g/mol. The SMILES string of the molecule is COCCNC(=O)c1ccc2c(c1)CC(C(=O)Nc1ccc(/C(C=N)=C/N)cc1OCCN(C)C)CO2. The van der Waals surface area contributed by atoms with Crippen LogP contribution in [-0.4, -0.2) is 77.0 Å². The van der Waals surface area contributed by atoms with Crippen molar-refractivity contribution in [2.45, 2.75) is 6.42 Å². The van der Waals surface area contributed by atoms with E-state index in [1.165, 1.54) is 12.4 Å². The van der Waals surface area contributed by atoms with Crippen LogP contribution in [0.15, 0.2) is 42.6 Å². The zero-order valence-electron chi connectivity index (χ0n) is 21.5. The molecule has 0 aromatic heterocycles. The number of ether oxygens (including phenoxy) is 3. The van der Waals surface area contributed by atoms with Crippen molar-refractivity contribution in [3.63, 3.8) is 0 Å². The quantitative estimate of drug-likeness (QED) is 0.254. The Morgan fingerprint density at radius 2 is 1.97 bits per heavy atom. The summed E-state index contributed by atoms with van der Waals surface area (Å²) in [4.78, 5) is 27.6. The molecular formula is C27H35N5O5. The van der Waals surface area contributed by atoms with Crippen molar-refractivity contribution in [3.05, 3.63) is 59.3 Å². The molecule has 1 heterocycles. The highest BCUT2D eigenvalue weighted by atomic mass is 16.5. The van der Waals surface area contributed by atoms with Crippen LogP contribution in [-0.2, 0) is 16.0 Å². The average molecular weight is 510 g/mol. The Labute approximate surface area is 217 Å². The molecule has 1 aliphatic rings. The minimum absolute atomic E-state index is 0.207. The van der Waals surface area contributed by atoms with E-state index in [-0.39, 0.29) is 18.4 Å². The van der Waals surface area contributed by atoms with E-state index in [2.05, 4.69) is 10.6 Å². The lowest BCUT2D eigenvalue weighted by Gasteiger charge is -2.25. The fourth-order valence-corrected chi connectivity index (χ4v) is 3.80. The van der Waals surface area contributed by atoms with Crippen LogP contribution < -0.4 is 25.8 Å². The number of nitrogens with zero attached hydrogens (tertiary/aromatic N) is 1. The lowest BCUT2D eigenvalue weighted by atomic mass is 9.94. The number of hydrogen-bond acceptors (Lipinski definition) is 8. The van der Waals surface area contributed by atoms with Gasteiger partial charge in [0, 0.05) is 43.8 Å². The number of anilines is 1. The van der Waals surface area contributed by atoms with E-state index in [9.17, 15) is 9.59 Å². The van der Waals surface area contributed by atoms with Crippen LogP contribution >= 0.6 is 0 Å². The predicted molar refractivity (Wildman–Crippen MR) is 143 cm³/mol. The fraction of sp³-hybridized carbons (Fsp3) is 0.370. The van der Waals surface area contributed by atoms with Gasteiger partial charge in [-0.2, -0.15) is 0 Å². The fourth-order valence-electron chi connectivity index (χ4n) is 3.80. The van der Waals surface area contributed by atoms with Crippen LogP contribution in [0.4, 0.5) is 5.69 Å². The van der Waals surface area contributed by atoms with Crippen LogP contribution in [0.3, 0.4) is 0 Å². The van der Waals surface area contributed by atoms with Gasteiger partial charge in [-0.15, -0.1) is 0 Å². The van der Waals surface area contributed by atoms with Crippen LogP contribution in [0.2, 0.25) is 0 Å². The predicted octanol–water partition coefficient (Wildman–Crippen LogP) is 2.14. The second kappa shape index (κ2) is 13.4. The molecule has 0 spiro atoms. The molecule has 2 amide bonds. The Hall–Kier alpha value is -3.89. The molecular weight excluding hydrogens is 474 g/mol. The van der Waals surface area contributed by atoms with E-state index in [1.807, 2.05) is 19.0 Å². The van der Waals surface area contributed by atoms with Crippen molar-refractivity contribution < 1.29 is 23.8 Å². The second-order valence-corrected chi connectivity index (χ2v) is 8.90. The number of fused-ring (bicyclic) bond motifs is 1. The molecule has 0 fully saturated rings. The van der Waals surface area contributed by atoms with E-state index < -0.39 is 5.92 Å². The van der Waals surface area contributed by atoms with Crippen molar-refractivity contribution in [3.8, 4) is 11.5 Å². The Kier molecular flexibility index (Phi) is 10.0. The molecule has 2 aromatic carbocycles. The molecule has 0 saturated heterocycles. The highest BCUT2D eigenvalue weighted by molar-refractivity contribution is 6.08. The zero-order chi connectivity index (χ0) is 26.8. The number of nitrogens with one attached hydrogen (secondary N) is 3. The molecule has 10 nitrogen and oxygen atoms in total. The summed E-state index contributed by atoms with van der Waals surface area (Å²) in [5, 5.41) is 13.3. The first-order valence-electron chi connectivity index (χ1n) is 12.0. The standard InChI is InChI=1S/C27H35N5O5/c1-32(2)9-11-36-25-14-18(22(15-28)16-29)4-6-23(25)31-27(34)21-13-20-12-19(5-7-24(20)37-17-21)26(33)30-8-10-35-3/h4-7,12,14-16,21,28H,8-11,13,17,29H2,1-3H3,(H,30,33)(H,31,34)/b22-16+,28-15?. The number of methoxy groups -OCH3 is 1. The van der Waals surface area contributed by atoms with Crippen LogP contribution in [0.1, 0.15) is 21.5 Å². The van der Waals surface area contributed by atoms with Gasteiger partial charge in [0.05, 0.1) is 18.2 Å². The van der Waals surface area contributed by atoms with Gasteiger partial charge in [-0.3, -0.25) is 9.59 Å². The van der Waals surface area contributed by atoms with E-state index >= 15 is 0 Å². The summed E-state index contributed by atoms with van der Waals surface area (Å²) in [5.74, 6) is 0.285. The number of carbonyl (C=O) groups excluding carboxylic acids is 2. The number of benzene rings is 2. The Morgan fingerprint density at radius 3 is 2.68 bits per heavy atom. The number of amides is 2. The molecule has 10 heteroatoms. The van der Waals surface area contributed by atoms with Gasteiger partial charge < -0.3 is 40.9 Å². The molecule has 2 aromatic rings. The zero-order valence-corrected chi connectivity index (χ0v) is 21.5. The maximum atomic E-state index is 13.2. The van der Waals surface area contributed by atoms with Crippen molar-refractivity contribution in [1.29, 1.82) is 5.41 Å². The first kappa shape index (κ1) is 27.7. The summed E-state index contributed by atoms with van der Waals surface area (Å²) < 4.78 is 16.8. The summed E-state index contributed by atoms with van der Waals surface area (Å²) in [6.45, 7) is 2.17. The highest BCUT2D eigenvalue weighted by Crippen LogP contribution is 2.32. The topological polar surface area (TPSA) is 139 Å². The van der Waals surface area contributed by atoms with Gasteiger partial charge in [0.1, 0.15) is 24.7 Å². The van der Waals surface area contributed by atoms with Crippen LogP contribution in [0, 0.1) is 11.3 Å². The molecule has 0 radical (unpaired) electrons. The number of allylic oxidation sites excluding steroid dienone is 1. The second-order valence-electron chi connectivity index (χ2n) is 8.90. The Morgan fingerprint density at radius 1 is 1.19 bits per heavy atom. The molecule has 0 aliphatic carbocycles. The average Bonchev–Trinajstić information content (AvgIpc) is 2.89. The normalized spacial score (nSPS) is 14.9. The van der Waals surface area contributed by atoms with E-state index in [4.69, 9.17) is 25.4 Å².